The summed E-state index contributed by atoms with van der Waals surface area (Å²) in [5.74, 6) is 1.61. The number of rotatable bonds is 9. The highest BCUT2D eigenvalue weighted by atomic mass is 32.2. The third kappa shape index (κ3) is 5.42. The molecule has 1 N–H and O–H groups in total. The molecule has 0 saturated carbocycles. The third-order valence-electron chi connectivity index (χ3n) is 4.72. The number of methoxy groups -OCH3 is 1. The van der Waals surface area contributed by atoms with Crippen molar-refractivity contribution in [1.82, 2.24) is 20.1 Å². The van der Waals surface area contributed by atoms with Gasteiger partial charge in [-0.3, -0.25) is 4.79 Å². The fourth-order valence-electron chi connectivity index (χ4n) is 3.09. The second kappa shape index (κ2) is 10.3. The van der Waals surface area contributed by atoms with Gasteiger partial charge in [0.05, 0.1) is 12.4 Å². The zero-order valence-electron chi connectivity index (χ0n) is 17.9. The largest absolute Gasteiger partial charge is 0.497 e. The molecule has 0 aliphatic rings. The smallest absolute Gasteiger partial charge is 0.233 e. The van der Waals surface area contributed by atoms with E-state index in [0.29, 0.717) is 6.54 Å². The lowest BCUT2D eigenvalue weighted by molar-refractivity contribution is -0.120. The Morgan fingerprint density at radius 2 is 1.97 bits per heavy atom. The van der Waals surface area contributed by atoms with E-state index in [0.717, 1.165) is 40.8 Å². The normalized spacial score (nSPS) is 11.9. The number of amides is 1. The summed E-state index contributed by atoms with van der Waals surface area (Å²) in [6, 6.07) is 15.9. The molecule has 1 amide bonds. The summed E-state index contributed by atoms with van der Waals surface area (Å²) in [6.07, 6.45) is 0.961. The molecule has 1 atom stereocenters. The molecule has 30 heavy (non-hydrogen) atoms. The van der Waals surface area contributed by atoms with Gasteiger partial charge in [-0.1, -0.05) is 54.6 Å². The monoisotopic (exact) mass is 424 g/mol. The van der Waals surface area contributed by atoms with E-state index in [-0.39, 0.29) is 11.2 Å². The van der Waals surface area contributed by atoms with Crippen molar-refractivity contribution in [2.75, 3.05) is 7.11 Å². The van der Waals surface area contributed by atoms with Gasteiger partial charge in [0.2, 0.25) is 5.91 Å². The van der Waals surface area contributed by atoms with E-state index in [2.05, 4.69) is 46.1 Å². The molecule has 0 aliphatic heterocycles. The number of nitrogens with zero attached hydrogens (tertiary/aromatic N) is 3. The zero-order valence-corrected chi connectivity index (χ0v) is 18.7. The standard InChI is InChI=1S/C23H28N4O2S/c1-5-13-27-21(19-8-6-7-16(2)14-19)25-26-23(27)30-17(3)22(28)24-15-18-9-11-20(29-4)12-10-18/h6-12,14,17H,5,13,15H2,1-4H3,(H,24,28)/t17-/m1/s1. The molecule has 2 aromatic carbocycles. The van der Waals surface area contributed by atoms with Crippen LogP contribution in [-0.4, -0.2) is 33.0 Å². The van der Waals surface area contributed by atoms with E-state index in [9.17, 15) is 4.79 Å². The Bertz CT molecular complexity index is 985. The van der Waals surface area contributed by atoms with Gasteiger partial charge in [0.15, 0.2) is 11.0 Å². The SMILES string of the molecule is CCCn1c(S[C@H](C)C(=O)NCc2ccc(OC)cc2)nnc1-c1cccc(C)c1. The topological polar surface area (TPSA) is 69.0 Å². The number of aromatic nitrogens is 3. The Morgan fingerprint density at radius 1 is 1.20 bits per heavy atom. The molecular weight excluding hydrogens is 396 g/mol. The maximum atomic E-state index is 12.6. The van der Waals surface area contributed by atoms with Gasteiger partial charge in [-0.25, -0.2) is 0 Å². The number of aryl methyl sites for hydroxylation is 1. The van der Waals surface area contributed by atoms with Gasteiger partial charge >= 0.3 is 0 Å². The minimum Gasteiger partial charge on any atom is -0.497 e. The van der Waals surface area contributed by atoms with Gasteiger partial charge in [-0.05, 0) is 44.0 Å². The molecule has 0 unspecified atom stereocenters. The minimum absolute atomic E-state index is 0.0287. The number of carbonyl (C=O) groups is 1. The van der Waals surface area contributed by atoms with Crippen molar-refractivity contribution in [3.05, 3.63) is 59.7 Å². The Morgan fingerprint density at radius 3 is 2.63 bits per heavy atom. The molecule has 0 aliphatic carbocycles. The highest BCUT2D eigenvalue weighted by Crippen LogP contribution is 2.27. The first-order valence-corrected chi connectivity index (χ1v) is 11.0. The van der Waals surface area contributed by atoms with Crippen molar-refractivity contribution < 1.29 is 9.53 Å². The Balaban J connectivity index is 1.67. The van der Waals surface area contributed by atoms with Crippen LogP contribution in [0.4, 0.5) is 0 Å². The molecule has 0 bridgehead atoms. The lowest BCUT2D eigenvalue weighted by Crippen LogP contribution is -2.30. The molecule has 7 heteroatoms. The summed E-state index contributed by atoms with van der Waals surface area (Å²) in [5, 5.41) is 12.3. The summed E-state index contributed by atoms with van der Waals surface area (Å²) < 4.78 is 7.27. The number of thioether (sulfide) groups is 1. The van der Waals surface area contributed by atoms with Gasteiger partial charge in [0, 0.05) is 18.7 Å². The van der Waals surface area contributed by atoms with Gasteiger partial charge in [-0.15, -0.1) is 10.2 Å². The van der Waals surface area contributed by atoms with Gasteiger partial charge < -0.3 is 14.6 Å². The van der Waals surface area contributed by atoms with Crippen LogP contribution in [0.1, 0.15) is 31.4 Å². The van der Waals surface area contributed by atoms with Crippen molar-refractivity contribution in [1.29, 1.82) is 0 Å². The van der Waals surface area contributed by atoms with Gasteiger partial charge in [0.25, 0.3) is 0 Å². The molecule has 3 rings (SSSR count). The van der Waals surface area contributed by atoms with Crippen LogP contribution >= 0.6 is 11.8 Å². The molecule has 3 aromatic rings. The number of benzene rings is 2. The van der Waals surface area contributed by atoms with Crippen LogP contribution in [0.15, 0.2) is 53.7 Å². The first-order chi connectivity index (χ1) is 14.5. The van der Waals surface area contributed by atoms with Crippen LogP contribution in [0.5, 0.6) is 5.75 Å². The highest BCUT2D eigenvalue weighted by Gasteiger charge is 2.20. The average molecular weight is 425 g/mol. The summed E-state index contributed by atoms with van der Waals surface area (Å²) in [7, 11) is 1.64. The average Bonchev–Trinajstić information content (AvgIpc) is 3.14. The lowest BCUT2D eigenvalue weighted by Gasteiger charge is -2.14. The Kier molecular flexibility index (Phi) is 7.52. The van der Waals surface area contributed by atoms with E-state index < -0.39 is 0 Å². The predicted molar refractivity (Wildman–Crippen MR) is 121 cm³/mol. The first kappa shape index (κ1) is 21.9. The highest BCUT2D eigenvalue weighted by molar-refractivity contribution is 8.00. The molecule has 6 nitrogen and oxygen atoms in total. The minimum atomic E-state index is -0.284. The van der Waals surface area contributed by atoms with Crippen molar-refractivity contribution in [3.63, 3.8) is 0 Å². The fourth-order valence-corrected chi connectivity index (χ4v) is 3.99. The van der Waals surface area contributed by atoms with E-state index in [4.69, 9.17) is 4.74 Å². The van der Waals surface area contributed by atoms with E-state index in [1.54, 1.807) is 7.11 Å². The second-order valence-electron chi connectivity index (χ2n) is 7.15. The van der Waals surface area contributed by atoms with Crippen LogP contribution in [0.2, 0.25) is 0 Å². The van der Waals surface area contributed by atoms with Gasteiger partial charge in [0.1, 0.15) is 5.75 Å². The van der Waals surface area contributed by atoms with E-state index >= 15 is 0 Å². The van der Waals surface area contributed by atoms with Crippen LogP contribution in [0.3, 0.4) is 0 Å². The van der Waals surface area contributed by atoms with Crippen LogP contribution in [0, 0.1) is 6.92 Å². The quantitative estimate of drug-likeness (QED) is 0.513. The molecular formula is C23H28N4O2S. The summed E-state index contributed by atoms with van der Waals surface area (Å²) >= 11 is 1.44. The molecule has 0 saturated heterocycles. The summed E-state index contributed by atoms with van der Waals surface area (Å²) in [5.41, 5.74) is 3.25. The molecule has 0 radical (unpaired) electrons. The zero-order chi connectivity index (χ0) is 21.5. The first-order valence-electron chi connectivity index (χ1n) is 10.1. The number of hydrogen-bond donors (Lipinski definition) is 1. The Labute approximate surface area is 182 Å². The van der Waals surface area contributed by atoms with Crippen LogP contribution < -0.4 is 10.1 Å². The number of nitrogens with one attached hydrogen (secondary N) is 1. The van der Waals surface area contributed by atoms with Crippen molar-refractivity contribution in [2.45, 2.75) is 50.7 Å². The molecule has 0 spiro atoms. The number of ether oxygens (including phenoxy) is 1. The number of hydrogen-bond acceptors (Lipinski definition) is 5. The molecule has 158 valence electrons. The van der Waals surface area contributed by atoms with Crippen LogP contribution in [0.25, 0.3) is 11.4 Å². The summed E-state index contributed by atoms with van der Waals surface area (Å²) in [4.78, 5) is 12.6. The van der Waals surface area contributed by atoms with Crippen molar-refractivity contribution >= 4 is 17.7 Å². The van der Waals surface area contributed by atoms with Crippen LogP contribution in [-0.2, 0) is 17.9 Å². The van der Waals surface area contributed by atoms with E-state index in [1.165, 1.54) is 17.3 Å². The molecule has 0 fully saturated rings. The van der Waals surface area contributed by atoms with Gasteiger partial charge in [-0.2, -0.15) is 0 Å². The lowest BCUT2D eigenvalue weighted by atomic mass is 10.1. The maximum absolute atomic E-state index is 12.6. The van der Waals surface area contributed by atoms with Crippen molar-refractivity contribution in [3.8, 4) is 17.1 Å². The Hall–Kier alpha value is -2.80. The van der Waals surface area contributed by atoms with Crippen molar-refractivity contribution in [2.24, 2.45) is 0 Å². The molecule has 1 aromatic heterocycles. The predicted octanol–water partition coefficient (Wildman–Crippen LogP) is 4.47. The fraction of sp³-hybridized carbons (Fsp3) is 0.348. The summed E-state index contributed by atoms with van der Waals surface area (Å²) in [6.45, 7) is 7.36. The van der Waals surface area contributed by atoms with E-state index in [1.807, 2.05) is 43.3 Å². The molecule has 1 heterocycles. The third-order valence-corrected chi connectivity index (χ3v) is 5.80. The number of carbonyl (C=O) groups excluding carboxylic acids is 1. The second-order valence-corrected chi connectivity index (χ2v) is 8.46. The maximum Gasteiger partial charge on any atom is 0.233 e.